The van der Waals surface area contributed by atoms with Crippen molar-refractivity contribution >= 4 is 29.1 Å². The highest BCUT2D eigenvalue weighted by Crippen LogP contribution is 2.33. The SMILES string of the molecule is CCC(=O)O[C@H]1C[C@@H](OC(C)=O)[C@H](n2c(=O)n(Cc3ccc(F)cc3)c3cnc(N)nc32)O1. The van der Waals surface area contributed by atoms with Crippen molar-refractivity contribution in [3.05, 3.63) is 52.3 Å². The van der Waals surface area contributed by atoms with E-state index in [4.69, 9.17) is 19.9 Å². The third kappa shape index (κ3) is 4.55. The van der Waals surface area contributed by atoms with E-state index >= 15 is 0 Å². The number of esters is 2. The normalized spacial score (nSPS) is 20.2. The molecule has 174 valence electrons. The van der Waals surface area contributed by atoms with Crippen LogP contribution in [-0.2, 0) is 30.3 Å². The first kappa shape index (κ1) is 22.4. The molecule has 33 heavy (non-hydrogen) atoms. The lowest BCUT2D eigenvalue weighted by molar-refractivity contribution is -0.183. The largest absolute Gasteiger partial charge is 0.457 e. The molecular weight excluding hydrogens is 437 g/mol. The average molecular weight is 459 g/mol. The van der Waals surface area contributed by atoms with Gasteiger partial charge < -0.3 is 19.9 Å². The second-order valence-electron chi connectivity index (χ2n) is 7.49. The van der Waals surface area contributed by atoms with Crippen molar-refractivity contribution in [2.45, 2.75) is 51.9 Å². The molecule has 3 heterocycles. The number of halogens is 1. The molecule has 4 rings (SSSR count). The number of hydrogen-bond acceptors (Lipinski definition) is 9. The maximum atomic E-state index is 13.5. The van der Waals surface area contributed by atoms with Gasteiger partial charge in [0.1, 0.15) is 11.3 Å². The summed E-state index contributed by atoms with van der Waals surface area (Å²) >= 11 is 0. The van der Waals surface area contributed by atoms with Gasteiger partial charge in [-0.25, -0.2) is 18.7 Å². The van der Waals surface area contributed by atoms with Crippen LogP contribution in [0.3, 0.4) is 0 Å². The van der Waals surface area contributed by atoms with Crippen LogP contribution in [0.5, 0.6) is 0 Å². The first-order chi connectivity index (χ1) is 15.8. The lowest BCUT2D eigenvalue weighted by Gasteiger charge is -2.19. The fourth-order valence-electron chi connectivity index (χ4n) is 3.68. The van der Waals surface area contributed by atoms with Crippen molar-refractivity contribution in [1.29, 1.82) is 0 Å². The molecule has 12 heteroatoms. The van der Waals surface area contributed by atoms with Gasteiger partial charge in [0, 0.05) is 13.3 Å². The number of carbonyl (C=O) groups is 2. The van der Waals surface area contributed by atoms with E-state index in [-0.39, 0.29) is 31.0 Å². The van der Waals surface area contributed by atoms with Gasteiger partial charge in [-0.15, -0.1) is 0 Å². The van der Waals surface area contributed by atoms with E-state index in [0.29, 0.717) is 11.1 Å². The summed E-state index contributed by atoms with van der Waals surface area (Å²) in [4.78, 5) is 45.1. The molecule has 0 spiro atoms. The molecule has 2 N–H and O–H groups in total. The molecule has 3 aromatic rings. The monoisotopic (exact) mass is 459 g/mol. The third-order valence-electron chi connectivity index (χ3n) is 5.14. The van der Waals surface area contributed by atoms with Crippen LogP contribution in [0.4, 0.5) is 10.3 Å². The van der Waals surface area contributed by atoms with E-state index in [1.54, 1.807) is 19.1 Å². The fourth-order valence-corrected chi connectivity index (χ4v) is 3.68. The van der Waals surface area contributed by atoms with Crippen LogP contribution in [-0.4, -0.2) is 43.4 Å². The van der Waals surface area contributed by atoms with Crippen LogP contribution in [0.2, 0.25) is 0 Å². The highest BCUT2D eigenvalue weighted by Gasteiger charge is 2.43. The number of carbonyl (C=O) groups excluding carboxylic acids is 2. The zero-order chi connectivity index (χ0) is 23.7. The Morgan fingerprint density at radius 1 is 1.27 bits per heavy atom. The lowest BCUT2D eigenvalue weighted by atomic mass is 10.2. The molecule has 0 amide bonds. The summed E-state index contributed by atoms with van der Waals surface area (Å²) in [5.74, 6) is -1.57. The van der Waals surface area contributed by atoms with Crippen LogP contribution in [0, 0.1) is 5.82 Å². The van der Waals surface area contributed by atoms with E-state index in [9.17, 15) is 18.8 Å². The summed E-state index contributed by atoms with van der Waals surface area (Å²) in [5, 5.41) is 0. The molecule has 1 fully saturated rings. The molecule has 3 atom stereocenters. The van der Waals surface area contributed by atoms with Gasteiger partial charge in [-0.1, -0.05) is 19.1 Å². The van der Waals surface area contributed by atoms with Crippen molar-refractivity contribution in [1.82, 2.24) is 19.1 Å². The summed E-state index contributed by atoms with van der Waals surface area (Å²) in [5.41, 5.74) is 6.38. The number of nitrogens with zero attached hydrogens (tertiary/aromatic N) is 4. The van der Waals surface area contributed by atoms with E-state index in [2.05, 4.69) is 9.97 Å². The summed E-state index contributed by atoms with van der Waals surface area (Å²) in [6.07, 6.45) is -1.51. The predicted octanol–water partition coefficient (Wildman–Crippen LogP) is 1.49. The molecule has 0 aliphatic carbocycles. The molecule has 0 bridgehead atoms. The zero-order valence-corrected chi connectivity index (χ0v) is 17.9. The standard InChI is InChI=1S/C21H22FN5O6/c1-3-16(29)32-17-8-15(31-11(2)28)19(33-17)27-18-14(9-24-20(23)25-18)26(21(27)30)10-12-4-6-13(22)7-5-12/h4-7,9,15,17,19H,3,8,10H2,1-2H3,(H2,23,24,25)/t15-,17-,19-/m1/s1. The first-order valence-electron chi connectivity index (χ1n) is 10.3. The maximum Gasteiger partial charge on any atom is 0.332 e. The van der Waals surface area contributed by atoms with Gasteiger partial charge in [0.15, 0.2) is 18.0 Å². The van der Waals surface area contributed by atoms with Crippen molar-refractivity contribution in [3.63, 3.8) is 0 Å². The van der Waals surface area contributed by atoms with Gasteiger partial charge in [-0.05, 0) is 17.7 Å². The van der Waals surface area contributed by atoms with Crippen molar-refractivity contribution in [2.75, 3.05) is 5.73 Å². The maximum absolute atomic E-state index is 13.5. The first-order valence-corrected chi connectivity index (χ1v) is 10.3. The number of ether oxygens (including phenoxy) is 3. The average Bonchev–Trinajstić information content (AvgIpc) is 3.26. The van der Waals surface area contributed by atoms with Crippen molar-refractivity contribution in [3.8, 4) is 0 Å². The molecule has 0 radical (unpaired) electrons. The topological polar surface area (TPSA) is 141 Å². The van der Waals surface area contributed by atoms with Gasteiger partial charge in [0.25, 0.3) is 0 Å². The Hall–Kier alpha value is -3.80. The lowest BCUT2D eigenvalue weighted by Crippen LogP contribution is -2.34. The quantitative estimate of drug-likeness (QED) is 0.543. The Morgan fingerprint density at radius 3 is 2.67 bits per heavy atom. The van der Waals surface area contributed by atoms with E-state index in [1.807, 2.05) is 0 Å². The summed E-state index contributed by atoms with van der Waals surface area (Å²) < 4.78 is 32.3. The smallest absolute Gasteiger partial charge is 0.332 e. The molecule has 11 nitrogen and oxygen atoms in total. The summed E-state index contributed by atoms with van der Waals surface area (Å²) in [6.45, 7) is 2.95. The zero-order valence-electron chi connectivity index (χ0n) is 17.9. The third-order valence-corrected chi connectivity index (χ3v) is 5.14. The minimum Gasteiger partial charge on any atom is -0.457 e. The highest BCUT2D eigenvalue weighted by atomic mass is 19.1. The predicted molar refractivity (Wildman–Crippen MR) is 112 cm³/mol. The number of nitrogen functional groups attached to an aromatic ring is 1. The molecule has 1 aliphatic heterocycles. The molecule has 2 aromatic heterocycles. The Labute approximate surface area is 186 Å². The van der Waals surface area contributed by atoms with Crippen LogP contribution >= 0.6 is 0 Å². The number of imidazole rings is 1. The second kappa shape index (κ2) is 8.98. The minimum absolute atomic E-state index is 0.0353. The number of nitrogens with two attached hydrogens (primary N) is 1. The minimum atomic E-state index is -1.12. The van der Waals surface area contributed by atoms with Gasteiger partial charge >= 0.3 is 17.6 Å². The Kier molecular flexibility index (Phi) is 6.09. The van der Waals surface area contributed by atoms with E-state index in [0.717, 1.165) is 0 Å². The van der Waals surface area contributed by atoms with E-state index in [1.165, 1.54) is 34.4 Å². The van der Waals surface area contributed by atoms with Crippen LogP contribution in [0.25, 0.3) is 11.2 Å². The second-order valence-corrected chi connectivity index (χ2v) is 7.49. The molecular formula is C21H22FN5O6. The van der Waals surface area contributed by atoms with Crippen LogP contribution in [0.15, 0.2) is 35.3 Å². The Morgan fingerprint density at radius 2 is 2.00 bits per heavy atom. The van der Waals surface area contributed by atoms with Gasteiger partial charge in [-0.3, -0.25) is 14.2 Å². The summed E-state index contributed by atoms with van der Waals surface area (Å²) in [6, 6.07) is 5.68. The van der Waals surface area contributed by atoms with Crippen LogP contribution in [0.1, 0.15) is 38.5 Å². The number of aromatic nitrogens is 4. The Bertz CT molecular complexity index is 1250. The molecule has 1 aliphatic rings. The van der Waals surface area contributed by atoms with Gasteiger partial charge in [-0.2, -0.15) is 4.98 Å². The molecule has 1 saturated heterocycles. The van der Waals surface area contributed by atoms with E-state index < -0.39 is 42.1 Å². The number of anilines is 1. The van der Waals surface area contributed by atoms with Crippen molar-refractivity contribution in [2.24, 2.45) is 0 Å². The van der Waals surface area contributed by atoms with Crippen molar-refractivity contribution < 1.29 is 28.2 Å². The van der Waals surface area contributed by atoms with Crippen LogP contribution < -0.4 is 11.4 Å². The number of hydrogen-bond donors (Lipinski definition) is 1. The van der Waals surface area contributed by atoms with Gasteiger partial charge in [0.2, 0.25) is 12.2 Å². The number of benzene rings is 1. The Balaban J connectivity index is 1.79. The highest BCUT2D eigenvalue weighted by molar-refractivity contribution is 5.72. The molecule has 0 unspecified atom stereocenters. The van der Waals surface area contributed by atoms with Gasteiger partial charge in [0.05, 0.1) is 19.2 Å². The summed E-state index contributed by atoms with van der Waals surface area (Å²) in [7, 11) is 0. The number of fused-ring (bicyclic) bond motifs is 1. The molecule has 1 aromatic carbocycles. The molecule has 0 saturated carbocycles. The number of rotatable bonds is 6. The fraction of sp³-hybridized carbons (Fsp3) is 0.381.